The molecule has 0 radical (unpaired) electrons. The molecule has 7 aromatic rings. The van der Waals surface area contributed by atoms with E-state index < -0.39 is 11.6 Å². The molecule has 2 nitrogen and oxygen atoms in total. The highest BCUT2D eigenvalue weighted by Gasteiger charge is 2.50. The minimum atomic E-state index is -4.41. The van der Waals surface area contributed by atoms with Crippen LogP contribution in [0, 0.1) is 6.92 Å². The molecule has 40 heavy (non-hydrogen) atoms. The van der Waals surface area contributed by atoms with Crippen molar-refractivity contribution in [3.8, 4) is 0 Å². The van der Waals surface area contributed by atoms with Gasteiger partial charge in [0.05, 0.1) is 32.7 Å². The van der Waals surface area contributed by atoms with E-state index in [0.29, 0.717) is 10.9 Å². The Labute approximate surface area is 231 Å². The van der Waals surface area contributed by atoms with Gasteiger partial charge in [-0.25, -0.2) is 4.57 Å². The Morgan fingerprint density at radius 3 is 2.00 bits per heavy atom. The molecule has 202 valence electrons. The molecule has 0 amide bonds. The summed E-state index contributed by atoms with van der Waals surface area (Å²) in [5.41, 5.74) is 4.35. The van der Waals surface area contributed by atoms with E-state index in [4.69, 9.17) is 0 Å². The molecular weight excluding hydrogens is 505 g/mol. The molecule has 4 aromatic carbocycles. The Morgan fingerprint density at radius 2 is 1.35 bits per heavy atom. The van der Waals surface area contributed by atoms with E-state index in [2.05, 4.69) is 67.0 Å². The molecule has 0 saturated carbocycles. The Morgan fingerprint density at radius 1 is 0.725 bits per heavy atom. The van der Waals surface area contributed by atoms with E-state index in [1.165, 1.54) is 35.7 Å². The lowest BCUT2D eigenvalue weighted by atomic mass is 9.78. The number of alkyl halides is 3. The molecule has 0 unspecified atom stereocenters. The number of rotatable bonds is 1. The number of fused-ring (bicyclic) bond motifs is 7. The predicted octanol–water partition coefficient (Wildman–Crippen LogP) is 9.41. The number of hydrogen-bond donors (Lipinski definition) is 0. The summed E-state index contributed by atoms with van der Waals surface area (Å²) in [6, 6.07) is 20.2. The molecule has 7 rings (SSSR count). The molecule has 0 aliphatic rings. The molecule has 0 fully saturated rings. The van der Waals surface area contributed by atoms with Gasteiger partial charge in [-0.3, -0.25) is 0 Å². The Bertz CT molecular complexity index is 2170. The standard InChI is InChI=1S/C35H32F3N2/c1-19-21-12-8-9-13-22(21)29(33(2,3)4)32-26(19)30-27-20(16-17-39(30)7)18-24(34(5,6)35(36,37)38)28-23-14-10-11-15-25(23)40(32)31(27)28/h8-18H,1-7H3/q+1. The third-order valence-electron chi connectivity index (χ3n) is 9.08. The van der Waals surface area contributed by atoms with E-state index >= 15 is 0 Å². The van der Waals surface area contributed by atoms with Gasteiger partial charge in [-0.2, -0.15) is 13.2 Å². The number of aryl methyl sites for hydroxylation is 2. The normalized spacial score (nSPS) is 13.8. The van der Waals surface area contributed by atoms with Crippen molar-refractivity contribution in [1.82, 2.24) is 4.40 Å². The number of benzene rings is 4. The summed E-state index contributed by atoms with van der Waals surface area (Å²) in [7, 11) is 2.04. The maximum Gasteiger partial charge on any atom is 0.397 e. The number of hydrogen-bond acceptors (Lipinski definition) is 0. The molecule has 0 spiro atoms. The van der Waals surface area contributed by atoms with Crippen LogP contribution in [0.15, 0.2) is 66.9 Å². The monoisotopic (exact) mass is 537 g/mol. The molecule has 0 aliphatic carbocycles. The smallest absolute Gasteiger partial charge is 0.307 e. The number of halogens is 3. The summed E-state index contributed by atoms with van der Waals surface area (Å²) < 4.78 is 48.5. The average molecular weight is 538 g/mol. The van der Waals surface area contributed by atoms with E-state index in [9.17, 15) is 13.2 Å². The number of aromatic nitrogens is 2. The van der Waals surface area contributed by atoms with Crippen LogP contribution in [0.25, 0.3) is 59.8 Å². The highest BCUT2D eigenvalue weighted by molar-refractivity contribution is 6.30. The largest absolute Gasteiger partial charge is 0.397 e. The fraction of sp³-hybridized carbons (Fsp3) is 0.286. The zero-order valence-electron chi connectivity index (χ0n) is 23.9. The maximum absolute atomic E-state index is 14.7. The zero-order valence-corrected chi connectivity index (χ0v) is 23.9. The van der Waals surface area contributed by atoms with Crippen LogP contribution < -0.4 is 4.57 Å². The quantitative estimate of drug-likeness (QED) is 0.112. The van der Waals surface area contributed by atoms with Crippen LogP contribution in [0.2, 0.25) is 0 Å². The number of para-hydroxylation sites is 1. The topological polar surface area (TPSA) is 8.29 Å². The van der Waals surface area contributed by atoms with E-state index in [0.717, 1.165) is 43.6 Å². The fourth-order valence-corrected chi connectivity index (χ4v) is 7.05. The Kier molecular flexibility index (Phi) is 4.81. The lowest BCUT2D eigenvalue weighted by Gasteiger charge is -2.30. The van der Waals surface area contributed by atoms with E-state index in [-0.39, 0.29) is 5.41 Å². The second-order valence-corrected chi connectivity index (χ2v) is 12.9. The second-order valence-electron chi connectivity index (χ2n) is 12.9. The van der Waals surface area contributed by atoms with Gasteiger partial charge in [0.2, 0.25) is 5.52 Å². The minimum Gasteiger partial charge on any atom is -0.307 e. The summed E-state index contributed by atoms with van der Waals surface area (Å²) in [5.74, 6) is 0. The maximum atomic E-state index is 14.7. The van der Waals surface area contributed by atoms with Gasteiger partial charge >= 0.3 is 6.18 Å². The van der Waals surface area contributed by atoms with Crippen LogP contribution >= 0.6 is 0 Å². The van der Waals surface area contributed by atoms with Crippen LogP contribution in [-0.4, -0.2) is 10.6 Å². The third-order valence-corrected chi connectivity index (χ3v) is 9.08. The molecule has 3 aromatic heterocycles. The summed E-state index contributed by atoms with van der Waals surface area (Å²) in [4.78, 5) is 0. The first-order valence-electron chi connectivity index (χ1n) is 13.8. The molecule has 0 bridgehead atoms. The van der Waals surface area contributed by atoms with E-state index in [1.54, 1.807) is 6.07 Å². The van der Waals surface area contributed by atoms with Crippen molar-refractivity contribution in [3.63, 3.8) is 0 Å². The van der Waals surface area contributed by atoms with Gasteiger partial charge < -0.3 is 4.40 Å². The van der Waals surface area contributed by atoms with Crippen LogP contribution in [0.1, 0.15) is 51.3 Å². The first-order valence-corrected chi connectivity index (χ1v) is 13.8. The predicted molar refractivity (Wildman–Crippen MR) is 160 cm³/mol. The van der Waals surface area contributed by atoms with Crippen molar-refractivity contribution in [2.24, 2.45) is 7.05 Å². The van der Waals surface area contributed by atoms with Crippen molar-refractivity contribution < 1.29 is 17.7 Å². The highest BCUT2D eigenvalue weighted by Crippen LogP contribution is 2.51. The van der Waals surface area contributed by atoms with Gasteiger partial charge in [0, 0.05) is 16.8 Å². The summed E-state index contributed by atoms with van der Waals surface area (Å²) in [6.45, 7) is 11.5. The Hall–Kier alpha value is -3.86. The molecule has 0 atom stereocenters. The average Bonchev–Trinajstić information content (AvgIpc) is 3.23. The van der Waals surface area contributed by atoms with Crippen LogP contribution in [0.4, 0.5) is 13.2 Å². The third kappa shape index (κ3) is 2.98. The first kappa shape index (κ1) is 25.1. The van der Waals surface area contributed by atoms with Gasteiger partial charge in [-0.05, 0) is 71.2 Å². The number of pyridine rings is 2. The van der Waals surface area contributed by atoms with Crippen molar-refractivity contribution in [2.45, 2.75) is 58.5 Å². The van der Waals surface area contributed by atoms with Crippen molar-refractivity contribution in [2.75, 3.05) is 0 Å². The molecular formula is C35H32F3N2+. The molecule has 0 saturated heterocycles. The first-order chi connectivity index (χ1) is 18.7. The van der Waals surface area contributed by atoms with Gasteiger partial charge in [-0.15, -0.1) is 0 Å². The molecule has 5 heteroatoms. The van der Waals surface area contributed by atoms with Crippen LogP contribution in [-0.2, 0) is 17.9 Å². The SMILES string of the molecule is Cc1c2ccccc2c(C(C)(C)C)c2c1c1c3c(cc[n+]1C)cc(C(C)(C)C(F)(F)F)c1c4ccccc4n2c13. The van der Waals surface area contributed by atoms with Crippen molar-refractivity contribution in [1.29, 1.82) is 0 Å². The summed E-state index contributed by atoms with van der Waals surface area (Å²) in [6.07, 6.45) is -2.42. The van der Waals surface area contributed by atoms with Crippen LogP contribution in [0.3, 0.4) is 0 Å². The van der Waals surface area contributed by atoms with Gasteiger partial charge in [0.25, 0.3) is 0 Å². The van der Waals surface area contributed by atoms with Crippen molar-refractivity contribution >= 4 is 59.8 Å². The summed E-state index contributed by atoms with van der Waals surface area (Å²) >= 11 is 0. The van der Waals surface area contributed by atoms with E-state index in [1.807, 2.05) is 37.5 Å². The fourth-order valence-electron chi connectivity index (χ4n) is 7.05. The highest BCUT2D eigenvalue weighted by atomic mass is 19.4. The zero-order chi connectivity index (χ0) is 28.5. The van der Waals surface area contributed by atoms with Gasteiger partial charge in [0.1, 0.15) is 7.05 Å². The van der Waals surface area contributed by atoms with Crippen molar-refractivity contribution in [3.05, 3.63) is 83.6 Å². The Balaban J connectivity index is 1.96. The second kappa shape index (κ2) is 7.66. The minimum absolute atomic E-state index is 0.234. The summed E-state index contributed by atoms with van der Waals surface area (Å²) in [5, 5.41) is 6.90. The lowest BCUT2D eigenvalue weighted by Crippen LogP contribution is -2.36. The molecule has 3 heterocycles. The lowest BCUT2D eigenvalue weighted by molar-refractivity contribution is -0.643. The van der Waals surface area contributed by atoms with Crippen LogP contribution in [0.5, 0.6) is 0 Å². The van der Waals surface area contributed by atoms with Gasteiger partial charge in [0.15, 0.2) is 6.20 Å². The van der Waals surface area contributed by atoms with Gasteiger partial charge in [-0.1, -0.05) is 63.2 Å². The molecule has 0 aliphatic heterocycles. The number of nitrogens with zero attached hydrogens (tertiary/aromatic N) is 2. The molecule has 0 N–H and O–H groups in total.